The van der Waals surface area contributed by atoms with E-state index in [4.69, 9.17) is 17.0 Å². The van der Waals surface area contributed by atoms with Crippen LogP contribution in [0, 0.1) is 0 Å². The zero-order chi connectivity index (χ0) is 15.1. The van der Waals surface area contributed by atoms with Crippen LogP contribution in [0.1, 0.15) is 5.56 Å². The Morgan fingerprint density at radius 3 is 2.81 bits per heavy atom. The van der Waals surface area contributed by atoms with Gasteiger partial charge in [0.05, 0.1) is 19.0 Å². The van der Waals surface area contributed by atoms with Gasteiger partial charge in [0.15, 0.2) is 5.11 Å². The molecule has 2 aromatic rings. The van der Waals surface area contributed by atoms with E-state index in [9.17, 15) is 0 Å². The number of hydrazone groups is 1. The lowest BCUT2D eigenvalue weighted by Crippen LogP contribution is -2.24. The Kier molecular flexibility index (Phi) is 5.71. The Morgan fingerprint density at radius 2 is 2.05 bits per heavy atom. The Hall–Kier alpha value is -1.92. The molecule has 108 valence electrons. The van der Waals surface area contributed by atoms with E-state index in [2.05, 4.69) is 31.8 Å². The van der Waals surface area contributed by atoms with Gasteiger partial charge in [0.1, 0.15) is 5.75 Å². The summed E-state index contributed by atoms with van der Waals surface area (Å²) in [6.45, 7) is 0. The highest BCUT2D eigenvalue weighted by atomic mass is 79.9. The standard InChI is InChI=1S/C15H14BrN3OS/c1-20-14-8-3-2-7-13(14)18-15(21)19-17-10-11-5-4-6-12(16)9-11/h2-10H,1H3,(H2,18,19,21). The molecule has 0 saturated heterocycles. The van der Waals surface area contributed by atoms with E-state index in [0.717, 1.165) is 21.5 Å². The van der Waals surface area contributed by atoms with E-state index in [-0.39, 0.29) is 0 Å². The minimum absolute atomic E-state index is 0.394. The molecular formula is C15H14BrN3OS. The topological polar surface area (TPSA) is 45.6 Å². The average Bonchev–Trinajstić information content (AvgIpc) is 2.48. The molecule has 0 radical (unpaired) electrons. The van der Waals surface area contributed by atoms with E-state index < -0.39 is 0 Å². The first-order valence-electron chi connectivity index (χ1n) is 6.17. The maximum absolute atomic E-state index is 5.24. The minimum Gasteiger partial charge on any atom is -0.495 e. The van der Waals surface area contributed by atoms with Crippen LogP contribution in [0.15, 0.2) is 58.1 Å². The SMILES string of the molecule is COc1ccccc1NC(=S)NN=Cc1cccc(Br)c1. The van der Waals surface area contributed by atoms with Crippen molar-refractivity contribution in [2.24, 2.45) is 5.10 Å². The first kappa shape index (κ1) is 15.5. The summed E-state index contributed by atoms with van der Waals surface area (Å²) in [6.07, 6.45) is 1.70. The molecule has 2 N–H and O–H groups in total. The smallest absolute Gasteiger partial charge is 0.191 e. The van der Waals surface area contributed by atoms with Crippen molar-refractivity contribution in [2.45, 2.75) is 0 Å². The van der Waals surface area contributed by atoms with E-state index in [1.807, 2.05) is 48.5 Å². The van der Waals surface area contributed by atoms with E-state index in [1.165, 1.54) is 0 Å². The van der Waals surface area contributed by atoms with Crippen LogP contribution >= 0.6 is 28.1 Å². The molecule has 0 heterocycles. The van der Waals surface area contributed by atoms with Gasteiger partial charge in [-0.25, -0.2) is 0 Å². The van der Waals surface area contributed by atoms with Crippen LogP contribution in [0.4, 0.5) is 5.69 Å². The molecule has 0 unspecified atom stereocenters. The summed E-state index contributed by atoms with van der Waals surface area (Å²) in [5, 5.41) is 7.52. The number of anilines is 1. The second-order valence-electron chi connectivity index (χ2n) is 4.08. The summed E-state index contributed by atoms with van der Waals surface area (Å²) in [4.78, 5) is 0. The number of thiocarbonyl (C=S) groups is 1. The summed E-state index contributed by atoms with van der Waals surface area (Å²) in [5.74, 6) is 0.720. The van der Waals surface area contributed by atoms with Crippen molar-refractivity contribution in [3.63, 3.8) is 0 Å². The zero-order valence-corrected chi connectivity index (χ0v) is 13.7. The fourth-order valence-electron chi connectivity index (χ4n) is 1.65. The van der Waals surface area contributed by atoms with Crippen molar-refractivity contribution in [2.75, 3.05) is 12.4 Å². The van der Waals surface area contributed by atoms with Crippen LogP contribution < -0.4 is 15.5 Å². The summed E-state index contributed by atoms with van der Waals surface area (Å²) in [6, 6.07) is 15.3. The van der Waals surface area contributed by atoms with Gasteiger partial charge in [-0.05, 0) is 42.0 Å². The van der Waals surface area contributed by atoms with Gasteiger partial charge in [-0.1, -0.05) is 40.2 Å². The quantitative estimate of drug-likeness (QED) is 0.493. The lowest BCUT2D eigenvalue weighted by atomic mass is 10.2. The second-order valence-corrected chi connectivity index (χ2v) is 5.40. The predicted octanol–water partition coefficient (Wildman–Crippen LogP) is 3.78. The fourth-order valence-corrected chi connectivity index (χ4v) is 2.23. The van der Waals surface area contributed by atoms with Crippen LogP contribution in [0.25, 0.3) is 0 Å². The number of benzene rings is 2. The van der Waals surface area contributed by atoms with Crippen molar-refractivity contribution >= 4 is 45.2 Å². The number of nitrogens with zero attached hydrogens (tertiary/aromatic N) is 1. The van der Waals surface area contributed by atoms with Crippen LogP contribution in [0.5, 0.6) is 5.75 Å². The van der Waals surface area contributed by atoms with Crippen LogP contribution in [0.3, 0.4) is 0 Å². The fraction of sp³-hybridized carbons (Fsp3) is 0.0667. The van der Waals surface area contributed by atoms with Gasteiger partial charge >= 0.3 is 0 Å². The summed E-state index contributed by atoms with van der Waals surface area (Å²) < 4.78 is 6.24. The van der Waals surface area contributed by atoms with Crippen molar-refractivity contribution in [1.29, 1.82) is 0 Å². The molecular weight excluding hydrogens is 350 g/mol. The number of ether oxygens (including phenoxy) is 1. The lowest BCUT2D eigenvalue weighted by Gasteiger charge is -2.10. The Balaban J connectivity index is 1.93. The molecule has 6 heteroatoms. The zero-order valence-electron chi connectivity index (χ0n) is 11.3. The molecule has 2 rings (SSSR count). The molecule has 0 aliphatic rings. The van der Waals surface area contributed by atoms with Crippen LogP contribution in [-0.2, 0) is 0 Å². The first-order chi connectivity index (χ1) is 10.2. The molecule has 0 atom stereocenters. The van der Waals surface area contributed by atoms with Gasteiger partial charge in [-0.2, -0.15) is 5.10 Å². The third kappa shape index (κ3) is 4.84. The maximum Gasteiger partial charge on any atom is 0.191 e. The molecule has 4 nitrogen and oxygen atoms in total. The van der Waals surface area contributed by atoms with Gasteiger partial charge in [0, 0.05) is 4.47 Å². The highest BCUT2D eigenvalue weighted by molar-refractivity contribution is 9.10. The third-order valence-electron chi connectivity index (χ3n) is 2.58. The monoisotopic (exact) mass is 363 g/mol. The van der Waals surface area contributed by atoms with Crippen molar-refractivity contribution in [3.8, 4) is 5.75 Å². The number of rotatable bonds is 4. The number of hydrogen-bond donors (Lipinski definition) is 2. The number of para-hydroxylation sites is 2. The van der Waals surface area contributed by atoms with Gasteiger partial charge in [0.25, 0.3) is 0 Å². The molecule has 0 bridgehead atoms. The molecule has 0 aliphatic heterocycles. The Bertz CT molecular complexity index is 661. The summed E-state index contributed by atoms with van der Waals surface area (Å²) in [5.41, 5.74) is 4.53. The molecule has 0 fully saturated rings. The van der Waals surface area contributed by atoms with Crippen LogP contribution in [0.2, 0.25) is 0 Å². The van der Waals surface area contributed by atoms with Gasteiger partial charge in [-0.3, -0.25) is 5.43 Å². The van der Waals surface area contributed by atoms with Gasteiger partial charge in [-0.15, -0.1) is 0 Å². The number of methoxy groups -OCH3 is 1. The summed E-state index contributed by atoms with van der Waals surface area (Å²) >= 11 is 8.59. The summed E-state index contributed by atoms with van der Waals surface area (Å²) in [7, 11) is 1.61. The van der Waals surface area contributed by atoms with Crippen molar-refractivity contribution in [3.05, 3.63) is 58.6 Å². The van der Waals surface area contributed by atoms with Crippen LogP contribution in [-0.4, -0.2) is 18.4 Å². The van der Waals surface area contributed by atoms with Crippen molar-refractivity contribution < 1.29 is 4.74 Å². The highest BCUT2D eigenvalue weighted by Crippen LogP contribution is 2.22. The first-order valence-corrected chi connectivity index (χ1v) is 7.38. The molecule has 0 aliphatic carbocycles. The minimum atomic E-state index is 0.394. The third-order valence-corrected chi connectivity index (χ3v) is 3.27. The molecule has 2 aromatic carbocycles. The lowest BCUT2D eigenvalue weighted by molar-refractivity contribution is 0.417. The molecule has 0 amide bonds. The van der Waals surface area contributed by atoms with Crippen molar-refractivity contribution in [1.82, 2.24) is 5.43 Å². The predicted molar refractivity (Wildman–Crippen MR) is 94.1 cm³/mol. The molecule has 0 saturated carbocycles. The Labute approximate surface area is 137 Å². The largest absolute Gasteiger partial charge is 0.495 e. The second kappa shape index (κ2) is 7.75. The van der Waals surface area contributed by atoms with E-state index in [0.29, 0.717) is 5.11 Å². The van der Waals surface area contributed by atoms with Gasteiger partial charge in [0.2, 0.25) is 0 Å². The maximum atomic E-state index is 5.24. The normalized spacial score (nSPS) is 10.4. The van der Waals surface area contributed by atoms with E-state index in [1.54, 1.807) is 13.3 Å². The Morgan fingerprint density at radius 1 is 1.24 bits per heavy atom. The molecule has 0 spiro atoms. The average molecular weight is 364 g/mol. The number of halogens is 1. The number of nitrogens with one attached hydrogen (secondary N) is 2. The highest BCUT2D eigenvalue weighted by Gasteiger charge is 2.02. The molecule has 21 heavy (non-hydrogen) atoms. The van der Waals surface area contributed by atoms with E-state index >= 15 is 0 Å². The number of hydrogen-bond acceptors (Lipinski definition) is 3. The molecule has 0 aromatic heterocycles. The van der Waals surface area contributed by atoms with Gasteiger partial charge < -0.3 is 10.1 Å².